The molecule has 1 aromatic rings. The third-order valence-electron chi connectivity index (χ3n) is 5.26. The van der Waals surface area contributed by atoms with Gasteiger partial charge in [-0.3, -0.25) is 4.74 Å². The average molecular weight is 303 g/mol. The predicted molar refractivity (Wildman–Crippen MR) is 64.2 cm³/mol. The first-order valence-electron chi connectivity index (χ1n) is 7.21. The Morgan fingerprint density at radius 2 is 1.95 bits per heavy atom. The Bertz CT molecular complexity index is 555. The number of aromatic nitrogens is 2. The molecule has 0 bridgehead atoms. The minimum Gasteiger partial charge on any atom is -0.425 e. The van der Waals surface area contributed by atoms with E-state index in [1.165, 1.54) is 0 Å². The Morgan fingerprint density at radius 3 is 2.48 bits per heavy atom. The fraction of sp³-hybridized carbons (Fsp3) is 0.846. The molecular formula is C13H16F3N3O2. The number of nitrogens with two attached hydrogens (primary N) is 1. The number of hydrogen-bond acceptors (Lipinski definition) is 5. The van der Waals surface area contributed by atoms with Crippen LogP contribution in [0.1, 0.15) is 55.7 Å². The quantitative estimate of drug-likeness (QED) is 0.928. The van der Waals surface area contributed by atoms with Gasteiger partial charge in [0.05, 0.1) is 6.10 Å². The first-order valence-corrected chi connectivity index (χ1v) is 7.21. The van der Waals surface area contributed by atoms with E-state index in [2.05, 4.69) is 14.9 Å². The summed E-state index contributed by atoms with van der Waals surface area (Å²) in [5.74, 6) is 1.56. The molecule has 3 saturated carbocycles. The standard InChI is InChI=1S/C13H16F3N3O2/c14-13(15,16)21-7-3-6(4-7)10-18-19-11(20-10)8-5-12(17)2-1-9(8)12/h6-9H,1-5,17H2/t6-,7+,8?,9?,12?. The number of halogens is 3. The molecule has 5 nitrogen and oxygen atoms in total. The molecule has 3 aliphatic carbocycles. The SMILES string of the molecule is NC12CCC1C(c1nnc([C@H]3C[C@@H](OC(F)(F)F)C3)o1)C2. The lowest BCUT2D eigenvalue weighted by Gasteiger charge is -2.60. The fourth-order valence-electron chi connectivity index (χ4n) is 3.80. The van der Waals surface area contributed by atoms with Crippen LogP contribution in [0, 0.1) is 5.92 Å². The monoisotopic (exact) mass is 303 g/mol. The smallest absolute Gasteiger partial charge is 0.425 e. The van der Waals surface area contributed by atoms with E-state index >= 15 is 0 Å². The average Bonchev–Trinajstić information content (AvgIpc) is 2.79. The van der Waals surface area contributed by atoms with Crippen LogP contribution >= 0.6 is 0 Å². The lowest BCUT2D eigenvalue weighted by atomic mass is 9.48. The molecule has 0 saturated heterocycles. The zero-order valence-corrected chi connectivity index (χ0v) is 11.3. The van der Waals surface area contributed by atoms with Crippen LogP contribution in [0.15, 0.2) is 4.42 Å². The second-order valence-electron chi connectivity index (χ2n) is 6.52. The summed E-state index contributed by atoms with van der Waals surface area (Å²) in [6.45, 7) is 0. The highest BCUT2D eigenvalue weighted by molar-refractivity contribution is 5.21. The normalized spacial score (nSPS) is 41.7. The minimum absolute atomic E-state index is 0.0403. The summed E-state index contributed by atoms with van der Waals surface area (Å²) < 4.78 is 45.8. The van der Waals surface area contributed by atoms with Gasteiger partial charge < -0.3 is 10.2 Å². The number of alkyl halides is 3. The van der Waals surface area contributed by atoms with E-state index in [4.69, 9.17) is 10.2 Å². The third kappa shape index (κ3) is 2.15. The molecule has 21 heavy (non-hydrogen) atoms. The van der Waals surface area contributed by atoms with Crippen LogP contribution in [0.5, 0.6) is 0 Å². The Balaban J connectivity index is 1.34. The summed E-state index contributed by atoms with van der Waals surface area (Å²) in [5.41, 5.74) is 6.11. The zero-order chi connectivity index (χ0) is 14.8. The van der Waals surface area contributed by atoms with E-state index in [1.807, 2.05) is 0 Å². The van der Waals surface area contributed by atoms with Crippen molar-refractivity contribution in [3.05, 3.63) is 11.8 Å². The van der Waals surface area contributed by atoms with Crippen LogP contribution in [-0.4, -0.2) is 28.2 Å². The van der Waals surface area contributed by atoms with Gasteiger partial charge in [-0.2, -0.15) is 0 Å². The van der Waals surface area contributed by atoms with Crippen molar-refractivity contribution in [2.45, 2.75) is 61.9 Å². The molecule has 8 heteroatoms. The lowest BCUT2D eigenvalue weighted by Crippen LogP contribution is -2.66. The fourth-order valence-corrected chi connectivity index (χ4v) is 3.80. The molecule has 4 rings (SSSR count). The highest BCUT2D eigenvalue weighted by Crippen LogP contribution is 2.60. The maximum atomic E-state index is 12.1. The Morgan fingerprint density at radius 1 is 1.24 bits per heavy atom. The summed E-state index contributed by atoms with van der Waals surface area (Å²) in [4.78, 5) is 0. The van der Waals surface area contributed by atoms with Crippen molar-refractivity contribution in [1.82, 2.24) is 10.2 Å². The topological polar surface area (TPSA) is 74.2 Å². The molecule has 1 heterocycles. The number of nitrogens with zero attached hydrogens (tertiary/aromatic N) is 2. The van der Waals surface area contributed by atoms with Gasteiger partial charge in [0.15, 0.2) is 0 Å². The van der Waals surface area contributed by atoms with Crippen molar-refractivity contribution in [2.24, 2.45) is 11.7 Å². The van der Waals surface area contributed by atoms with Crippen molar-refractivity contribution in [3.8, 4) is 0 Å². The van der Waals surface area contributed by atoms with Crippen molar-refractivity contribution in [3.63, 3.8) is 0 Å². The van der Waals surface area contributed by atoms with Crippen LogP contribution in [-0.2, 0) is 4.74 Å². The molecular weight excluding hydrogens is 287 g/mol. The van der Waals surface area contributed by atoms with Crippen LogP contribution < -0.4 is 5.73 Å². The van der Waals surface area contributed by atoms with Gasteiger partial charge >= 0.3 is 6.36 Å². The molecule has 0 aliphatic heterocycles. The molecule has 3 atom stereocenters. The van der Waals surface area contributed by atoms with Gasteiger partial charge in [-0.15, -0.1) is 23.4 Å². The van der Waals surface area contributed by atoms with E-state index in [0.29, 0.717) is 17.7 Å². The highest BCUT2D eigenvalue weighted by atomic mass is 19.4. The van der Waals surface area contributed by atoms with Gasteiger partial charge in [0.1, 0.15) is 0 Å². The second kappa shape index (κ2) is 4.19. The van der Waals surface area contributed by atoms with Gasteiger partial charge in [-0.25, -0.2) is 0 Å². The predicted octanol–water partition coefficient (Wildman–Crippen LogP) is 2.45. The molecule has 0 amide bonds. The van der Waals surface area contributed by atoms with Crippen molar-refractivity contribution in [1.29, 1.82) is 0 Å². The summed E-state index contributed by atoms with van der Waals surface area (Å²) in [6, 6.07) is 0. The van der Waals surface area contributed by atoms with Crippen LogP contribution in [0.3, 0.4) is 0 Å². The first kappa shape index (κ1) is 13.5. The van der Waals surface area contributed by atoms with Crippen molar-refractivity contribution >= 4 is 0 Å². The summed E-state index contributed by atoms with van der Waals surface area (Å²) in [6.07, 6.45) is -1.82. The van der Waals surface area contributed by atoms with Gasteiger partial charge in [0, 0.05) is 17.4 Å². The van der Waals surface area contributed by atoms with Gasteiger partial charge in [-0.05, 0) is 38.0 Å². The minimum atomic E-state index is -4.57. The summed E-state index contributed by atoms with van der Waals surface area (Å²) in [7, 11) is 0. The van der Waals surface area contributed by atoms with E-state index in [-0.39, 0.29) is 30.2 Å². The highest BCUT2D eigenvalue weighted by Gasteiger charge is 2.59. The van der Waals surface area contributed by atoms with Crippen LogP contribution in [0.2, 0.25) is 0 Å². The molecule has 3 aliphatic rings. The van der Waals surface area contributed by atoms with Crippen molar-refractivity contribution in [2.75, 3.05) is 0 Å². The van der Waals surface area contributed by atoms with Gasteiger partial charge in [0.25, 0.3) is 0 Å². The van der Waals surface area contributed by atoms with E-state index in [9.17, 15) is 13.2 Å². The van der Waals surface area contributed by atoms with Crippen LogP contribution in [0.4, 0.5) is 13.2 Å². The summed E-state index contributed by atoms with van der Waals surface area (Å²) >= 11 is 0. The number of fused-ring (bicyclic) bond motifs is 1. The van der Waals surface area contributed by atoms with E-state index in [1.54, 1.807) is 0 Å². The van der Waals surface area contributed by atoms with E-state index < -0.39 is 12.5 Å². The van der Waals surface area contributed by atoms with Crippen molar-refractivity contribution < 1.29 is 22.3 Å². The first-order chi connectivity index (χ1) is 9.84. The largest absolute Gasteiger partial charge is 0.522 e. The van der Waals surface area contributed by atoms with Gasteiger partial charge in [0.2, 0.25) is 11.8 Å². The Kier molecular flexibility index (Phi) is 2.70. The summed E-state index contributed by atoms with van der Waals surface area (Å²) in [5, 5.41) is 8.04. The molecule has 0 aromatic carbocycles. The second-order valence-corrected chi connectivity index (χ2v) is 6.52. The lowest BCUT2D eigenvalue weighted by molar-refractivity contribution is -0.352. The molecule has 2 N–H and O–H groups in total. The molecule has 3 fully saturated rings. The molecule has 3 unspecified atom stereocenters. The number of hydrogen-bond donors (Lipinski definition) is 1. The molecule has 1 aromatic heterocycles. The molecule has 116 valence electrons. The Labute approximate surface area is 119 Å². The van der Waals surface area contributed by atoms with Gasteiger partial charge in [-0.1, -0.05) is 0 Å². The van der Waals surface area contributed by atoms with Crippen LogP contribution in [0.25, 0.3) is 0 Å². The maximum absolute atomic E-state index is 12.1. The number of rotatable bonds is 3. The van der Waals surface area contributed by atoms with E-state index in [0.717, 1.165) is 19.3 Å². The maximum Gasteiger partial charge on any atom is 0.522 e. The molecule has 0 radical (unpaired) electrons. The number of ether oxygens (including phenoxy) is 1. The zero-order valence-electron chi connectivity index (χ0n) is 11.3. The Hall–Kier alpha value is -1.15. The molecule has 0 spiro atoms. The third-order valence-corrected chi connectivity index (χ3v) is 5.26.